The maximum Gasteiger partial charge on any atom is 0.137 e. The normalized spacial score (nSPS) is 11.2. The average Bonchev–Trinajstić information content (AvgIpc) is 2.80. The Bertz CT molecular complexity index is 813. The Morgan fingerprint density at radius 2 is 2.05 bits per heavy atom. The van der Waals surface area contributed by atoms with Gasteiger partial charge >= 0.3 is 0 Å². The molecule has 3 rings (SSSR count). The van der Waals surface area contributed by atoms with Gasteiger partial charge in [0.05, 0.1) is 15.5 Å². The van der Waals surface area contributed by atoms with Crippen molar-refractivity contribution in [3.05, 3.63) is 58.1 Å². The van der Waals surface area contributed by atoms with Gasteiger partial charge in [-0.25, -0.2) is 9.37 Å². The molecule has 3 aromatic rings. The van der Waals surface area contributed by atoms with E-state index in [4.69, 9.17) is 11.6 Å². The van der Waals surface area contributed by atoms with Gasteiger partial charge in [-0.1, -0.05) is 6.07 Å². The lowest BCUT2D eigenvalue weighted by molar-refractivity contribution is 0.620. The molecule has 1 aromatic heterocycles. The van der Waals surface area contributed by atoms with E-state index >= 15 is 0 Å². The molecule has 1 heterocycles. The number of hydrogen-bond acceptors (Lipinski definition) is 1. The first-order valence-electron chi connectivity index (χ1n) is 6.59. The first-order chi connectivity index (χ1) is 10.1. The van der Waals surface area contributed by atoms with E-state index in [1.807, 2.05) is 23.6 Å². The lowest BCUT2D eigenvalue weighted by Crippen LogP contribution is -2.02. The summed E-state index contributed by atoms with van der Waals surface area (Å²) in [6, 6.07) is 11.1. The summed E-state index contributed by atoms with van der Waals surface area (Å²) in [5.41, 5.74) is 3.95. The second kappa shape index (κ2) is 5.78. The van der Waals surface area contributed by atoms with Crippen molar-refractivity contribution >= 4 is 38.6 Å². The number of aryl methyl sites for hydroxylation is 2. The Morgan fingerprint density at radius 3 is 2.76 bits per heavy atom. The summed E-state index contributed by atoms with van der Waals surface area (Å²) in [6.07, 6.45) is 0.657. The van der Waals surface area contributed by atoms with Gasteiger partial charge in [-0.05, 0) is 58.7 Å². The second-order valence-corrected chi connectivity index (χ2v) is 6.13. The Kier molecular flexibility index (Phi) is 4.00. The molecule has 0 saturated carbocycles. The summed E-state index contributed by atoms with van der Waals surface area (Å²) in [7, 11) is 0. The van der Waals surface area contributed by atoms with Crippen molar-refractivity contribution in [3.8, 4) is 5.69 Å². The highest BCUT2D eigenvalue weighted by molar-refractivity contribution is 9.10. The molecule has 0 unspecified atom stereocenters. The summed E-state index contributed by atoms with van der Waals surface area (Å²) in [5, 5.41) is 0. The number of hydrogen-bond donors (Lipinski definition) is 0. The molecule has 0 spiro atoms. The van der Waals surface area contributed by atoms with Gasteiger partial charge in [0, 0.05) is 18.0 Å². The van der Waals surface area contributed by atoms with Gasteiger partial charge in [0.25, 0.3) is 0 Å². The zero-order valence-corrected chi connectivity index (χ0v) is 13.7. The first kappa shape index (κ1) is 14.5. The van der Waals surface area contributed by atoms with E-state index in [1.165, 1.54) is 6.07 Å². The van der Waals surface area contributed by atoms with Crippen LogP contribution in [-0.2, 0) is 6.42 Å². The second-order valence-electron chi connectivity index (χ2n) is 4.89. The van der Waals surface area contributed by atoms with E-state index in [1.54, 1.807) is 12.1 Å². The molecule has 0 fully saturated rings. The molecule has 0 aliphatic heterocycles. The largest absolute Gasteiger partial charge is 0.296 e. The van der Waals surface area contributed by atoms with Crippen molar-refractivity contribution in [2.75, 3.05) is 5.88 Å². The van der Waals surface area contributed by atoms with E-state index in [-0.39, 0.29) is 5.82 Å². The topological polar surface area (TPSA) is 17.8 Å². The lowest BCUT2D eigenvalue weighted by atomic mass is 10.2. The predicted octanol–water partition coefficient (Wildman–Crippen LogP) is 5.02. The van der Waals surface area contributed by atoms with Gasteiger partial charge in [-0.2, -0.15) is 0 Å². The molecule has 108 valence electrons. The molecule has 5 heteroatoms. The Morgan fingerprint density at radius 1 is 1.24 bits per heavy atom. The Labute approximate surface area is 135 Å². The number of nitrogens with zero attached hydrogens (tertiary/aromatic N) is 2. The van der Waals surface area contributed by atoms with Gasteiger partial charge in [-0.3, -0.25) is 4.57 Å². The van der Waals surface area contributed by atoms with E-state index in [9.17, 15) is 4.39 Å². The smallest absolute Gasteiger partial charge is 0.137 e. The number of aromatic nitrogens is 2. The van der Waals surface area contributed by atoms with Gasteiger partial charge < -0.3 is 0 Å². The van der Waals surface area contributed by atoms with Gasteiger partial charge in [-0.15, -0.1) is 11.6 Å². The zero-order valence-electron chi connectivity index (χ0n) is 11.4. The van der Waals surface area contributed by atoms with Crippen molar-refractivity contribution in [1.82, 2.24) is 9.55 Å². The van der Waals surface area contributed by atoms with Crippen molar-refractivity contribution < 1.29 is 4.39 Å². The van der Waals surface area contributed by atoms with Crippen LogP contribution in [0.4, 0.5) is 4.39 Å². The van der Waals surface area contributed by atoms with Gasteiger partial charge in [0.15, 0.2) is 0 Å². The highest BCUT2D eigenvalue weighted by Crippen LogP contribution is 2.26. The Balaban J connectivity index is 2.29. The third-order valence-corrected chi connectivity index (χ3v) is 4.16. The minimum Gasteiger partial charge on any atom is -0.296 e. The third kappa shape index (κ3) is 2.70. The molecule has 0 N–H and O–H groups in total. The summed E-state index contributed by atoms with van der Waals surface area (Å²) < 4.78 is 15.9. The first-order valence-corrected chi connectivity index (χ1v) is 7.92. The Hall–Kier alpha value is -1.39. The molecule has 2 aromatic carbocycles. The monoisotopic (exact) mass is 366 g/mol. The number of alkyl halides is 1. The van der Waals surface area contributed by atoms with Crippen molar-refractivity contribution in [2.45, 2.75) is 13.3 Å². The van der Waals surface area contributed by atoms with Crippen LogP contribution in [0, 0.1) is 12.7 Å². The summed E-state index contributed by atoms with van der Waals surface area (Å²) in [4.78, 5) is 4.64. The number of imidazole rings is 1. The molecule has 0 radical (unpaired) electrons. The van der Waals surface area contributed by atoms with Crippen LogP contribution >= 0.6 is 27.5 Å². The van der Waals surface area contributed by atoms with Crippen LogP contribution in [0.1, 0.15) is 11.4 Å². The van der Waals surface area contributed by atoms with Crippen LogP contribution in [0.5, 0.6) is 0 Å². The molecule has 0 aliphatic rings. The lowest BCUT2D eigenvalue weighted by Gasteiger charge is -2.10. The van der Waals surface area contributed by atoms with Crippen molar-refractivity contribution in [3.63, 3.8) is 0 Å². The van der Waals surface area contributed by atoms with Crippen molar-refractivity contribution in [1.29, 1.82) is 0 Å². The number of rotatable bonds is 3. The minimum atomic E-state index is -0.279. The SMILES string of the molecule is Cc1ccc2nc(CCCl)n(-c3ccc(F)c(Br)c3)c2c1. The molecule has 0 atom stereocenters. The molecule has 0 saturated heterocycles. The van der Waals surface area contributed by atoms with E-state index < -0.39 is 0 Å². The van der Waals surface area contributed by atoms with E-state index in [0.29, 0.717) is 16.8 Å². The maximum atomic E-state index is 13.5. The summed E-state index contributed by atoms with van der Waals surface area (Å²) in [6.45, 7) is 2.04. The number of halogens is 3. The maximum absolute atomic E-state index is 13.5. The number of benzene rings is 2. The fourth-order valence-corrected chi connectivity index (χ4v) is 2.94. The molecular formula is C16H13BrClFN2. The highest BCUT2D eigenvalue weighted by Gasteiger charge is 2.13. The standard InChI is InChI=1S/C16H13BrClFN2/c1-10-2-5-14-15(8-10)21(16(20-14)6-7-18)11-3-4-13(19)12(17)9-11/h2-5,8-9H,6-7H2,1H3. The molecule has 21 heavy (non-hydrogen) atoms. The van der Waals surface area contributed by atoms with Gasteiger partial charge in [0.1, 0.15) is 11.6 Å². The highest BCUT2D eigenvalue weighted by atomic mass is 79.9. The average molecular weight is 368 g/mol. The quantitative estimate of drug-likeness (QED) is 0.595. The number of fused-ring (bicyclic) bond motifs is 1. The third-order valence-electron chi connectivity index (χ3n) is 3.36. The fourth-order valence-electron chi connectivity index (χ4n) is 2.40. The van der Waals surface area contributed by atoms with Crippen molar-refractivity contribution in [2.24, 2.45) is 0 Å². The van der Waals surface area contributed by atoms with Crippen LogP contribution in [0.15, 0.2) is 40.9 Å². The fraction of sp³-hybridized carbons (Fsp3) is 0.188. The van der Waals surface area contributed by atoms with Crippen LogP contribution in [0.25, 0.3) is 16.7 Å². The summed E-state index contributed by atoms with van der Waals surface area (Å²) >= 11 is 9.13. The predicted molar refractivity (Wildman–Crippen MR) is 87.9 cm³/mol. The van der Waals surface area contributed by atoms with Crippen LogP contribution in [0.2, 0.25) is 0 Å². The molecular weight excluding hydrogens is 355 g/mol. The molecule has 0 bridgehead atoms. The minimum absolute atomic E-state index is 0.279. The van der Waals surface area contributed by atoms with Gasteiger partial charge in [0.2, 0.25) is 0 Å². The van der Waals surface area contributed by atoms with Crippen LogP contribution in [-0.4, -0.2) is 15.4 Å². The van der Waals surface area contributed by atoms with Crippen LogP contribution in [0.3, 0.4) is 0 Å². The zero-order chi connectivity index (χ0) is 15.0. The molecule has 0 amide bonds. The van der Waals surface area contributed by atoms with E-state index in [2.05, 4.69) is 27.0 Å². The van der Waals surface area contributed by atoms with Crippen LogP contribution < -0.4 is 0 Å². The van der Waals surface area contributed by atoms with E-state index in [0.717, 1.165) is 28.1 Å². The summed E-state index contributed by atoms with van der Waals surface area (Å²) in [5.74, 6) is 1.09. The molecule has 0 aliphatic carbocycles. The molecule has 2 nitrogen and oxygen atoms in total.